The molecular formula is C11H8ClFO. The quantitative estimate of drug-likeness (QED) is 0.396. The molecule has 0 saturated heterocycles. The Kier molecular flexibility index (Phi) is 3.67. The Labute approximate surface area is 86.9 Å². The highest BCUT2D eigenvalue weighted by Gasteiger charge is 2.09. The number of hydrogen-bond donors (Lipinski definition) is 0. The van der Waals surface area contributed by atoms with Crippen molar-refractivity contribution in [1.29, 1.82) is 0 Å². The van der Waals surface area contributed by atoms with Crippen LogP contribution in [0.3, 0.4) is 0 Å². The molecule has 0 amide bonds. The van der Waals surface area contributed by atoms with Gasteiger partial charge in [-0.25, -0.2) is 4.39 Å². The van der Waals surface area contributed by atoms with Gasteiger partial charge in [-0.2, -0.15) is 0 Å². The monoisotopic (exact) mass is 210 g/mol. The Balaban J connectivity index is 3.20. The van der Waals surface area contributed by atoms with Crippen LogP contribution in [0.4, 0.5) is 4.39 Å². The van der Waals surface area contributed by atoms with E-state index in [1.54, 1.807) is 6.07 Å². The lowest BCUT2D eigenvalue weighted by atomic mass is 10.1. The summed E-state index contributed by atoms with van der Waals surface area (Å²) in [4.78, 5) is 11.0. The lowest BCUT2D eigenvalue weighted by molar-refractivity contribution is 0.101. The predicted octanol–water partition coefficient (Wildman–Crippen LogP) is 2.62. The molecular weight excluding hydrogens is 203 g/mol. The molecule has 0 atom stereocenters. The van der Waals surface area contributed by atoms with Crippen molar-refractivity contribution in [1.82, 2.24) is 0 Å². The average Bonchev–Trinajstić information content (AvgIpc) is 2.16. The number of benzene rings is 1. The molecule has 0 aromatic heterocycles. The number of hydrogen-bond acceptors (Lipinski definition) is 1. The first kappa shape index (κ1) is 10.7. The summed E-state index contributed by atoms with van der Waals surface area (Å²) in [5.74, 6) is 4.35. The Bertz CT molecular complexity index is 415. The number of halogens is 2. The van der Waals surface area contributed by atoms with Crippen molar-refractivity contribution in [3.05, 3.63) is 35.1 Å². The Morgan fingerprint density at radius 3 is 2.86 bits per heavy atom. The van der Waals surface area contributed by atoms with Gasteiger partial charge < -0.3 is 0 Å². The highest BCUT2D eigenvalue weighted by molar-refractivity contribution is 6.19. The van der Waals surface area contributed by atoms with Gasteiger partial charge in [-0.05, 0) is 19.1 Å². The lowest BCUT2D eigenvalue weighted by Crippen LogP contribution is -1.98. The van der Waals surface area contributed by atoms with Crippen LogP contribution in [0.2, 0.25) is 0 Å². The Hall–Kier alpha value is -1.33. The van der Waals surface area contributed by atoms with E-state index in [2.05, 4.69) is 11.8 Å². The van der Waals surface area contributed by atoms with Gasteiger partial charge in [-0.15, -0.1) is 11.6 Å². The predicted molar refractivity (Wildman–Crippen MR) is 54.0 cm³/mol. The minimum absolute atomic E-state index is 0.0615. The van der Waals surface area contributed by atoms with Gasteiger partial charge in [0.15, 0.2) is 5.78 Å². The zero-order valence-electron chi connectivity index (χ0n) is 7.60. The number of carbonyl (C=O) groups is 1. The standard InChI is InChI=1S/C11H8ClFO/c1-8(14)10-6-2-4-9(11(10)13)5-3-7-12/h2,4,6H,7H2,1H3. The van der Waals surface area contributed by atoms with E-state index in [9.17, 15) is 9.18 Å². The summed E-state index contributed by atoms with van der Waals surface area (Å²) >= 11 is 5.34. The van der Waals surface area contributed by atoms with Crippen molar-refractivity contribution < 1.29 is 9.18 Å². The molecule has 0 N–H and O–H groups in total. The number of rotatable bonds is 1. The van der Waals surface area contributed by atoms with Crippen molar-refractivity contribution in [3.63, 3.8) is 0 Å². The van der Waals surface area contributed by atoms with Crippen LogP contribution in [-0.4, -0.2) is 11.7 Å². The third-order valence-corrected chi connectivity index (χ3v) is 1.80. The topological polar surface area (TPSA) is 17.1 Å². The minimum atomic E-state index is -0.572. The molecule has 3 heteroatoms. The maximum Gasteiger partial charge on any atom is 0.162 e. The summed E-state index contributed by atoms with van der Waals surface area (Å²) in [6, 6.07) is 4.54. The fourth-order valence-electron chi connectivity index (χ4n) is 1.03. The summed E-state index contributed by atoms with van der Waals surface area (Å²) in [6.07, 6.45) is 0. The van der Waals surface area contributed by atoms with E-state index < -0.39 is 5.82 Å². The molecule has 1 nitrogen and oxygen atoms in total. The number of ketones is 1. The molecule has 0 fully saturated rings. The molecule has 0 bridgehead atoms. The summed E-state index contributed by atoms with van der Waals surface area (Å²) < 4.78 is 13.5. The van der Waals surface area contributed by atoms with Gasteiger partial charge >= 0.3 is 0 Å². The maximum absolute atomic E-state index is 13.5. The van der Waals surface area contributed by atoms with E-state index in [-0.39, 0.29) is 22.8 Å². The molecule has 0 heterocycles. The zero-order chi connectivity index (χ0) is 10.6. The number of alkyl halides is 1. The largest absolute Gasteiger partial charge is 0.294 e. The van der Waals surface area contributed by atoms with E-state index in [0.29, 0.717) is 0 Å². The smallest absolute Gasteiger partial charge is 0.162 e. The Morgan fingerprint density at radius 1 is 1.57 bits per heavy atom. The molecule has 0 aliphatic carbocycles. The van der Waals surface area contributed by atoms with Crippen LogP contribution in [0.25, 0.3) is 0 Å². The van der Waals surface area contributed by atoms with Crippen molar-refractivity contribution in [2.75, 3.05) is 5.88 Å². The lowest BCUT2D eigenvalue weighted by Gasteiger charge is -1.99. The Morgan fingerprint density at radius 2 is 2.29 bits per heavy atom. The summed E-state index contributed by atoms with van der Waals surface area (Å²) in [5, 5.41) is 0. The van der Waals surface area contributed by atoms with E-state index in [1.807, 2.05) is 0 Å². The molecule has 0 aliphatic rings. The fraction of sp³-hybridized carbons (Fsp3) is 0.182. The molecule has 0 aliphatic heterocycles. The van der Waals surface area contributed by atoms with Crippen LogP contribution < -0.4 is 0 Å². The van der Waals surface area contributed by atoms with Crippen LogP contribution in [0.1, 0.15) is 22.8 Å². The van der Waals surface area contributed by atoms with Gasteiger partial charge in [-0.1, -0.05) is 17.9 Å². The van der Waals surface area contributed by atoms with Gasteiger partial charge in [0.2, 0.25) is 0 Å². The molecule has 72 valence electrons. The first-order valence-electron chi connectivity index (χ1n) is 4.01. The molecule has 0 saturated carbocycles. The van der Waals surface area contributed by atoms with Gasteiger partial charge in [-0.3, -0.25) is 4.79 Å². The summed E-state index contributed by atoms with van der Waals surface area (Å²) in [7, 11) is 0. The molecule has 0 radical (unpaired) electrons. The van der Waals surface area contributed by atoms with Crippen LogP contribution in [0, 0.1) is 17.7 Å². The van der Waals surface area contributed by atoms with E-state index in [0.717, 1.165) is 0 Å². The normalized spacial score (nSPS) is 9.07. The second-order valence-electron chi connectivity index (χ2n) is 2.66. The number of Topliss-reactive ketones (excluding diaryl/α,β-unsaturated/α-hetero) is 1. The maximum atomic E-state index is 13.5. The molecule has 0 unspecified atom stereocenters. The van der Waals surface area contributed by atoms with E-state index in [4.69, 9.17) is 11.6 Å². The second-order valence-corrected chi connectivity index (χ2v) is 2.93. The molecule has 0 spiro atoms. The molecule has 14 heavy (non-hydrogen) atoms. The van der Waals surface area contributed by atoms with Crippen LogP contribution >= 0.6 is 11.6 Å². The highest BCUT2D eigenvalue weighted by atomic mass is 35.5. The first-order chi connectivity index (χ1) is 6.66. The average molecular weight is 211 g/mol. The van der Waals surface area contributed by atoms with E-state index in [1.165, 1.54) is 19.1 Å². The molecule has 1 rings (SSSR count). The van der Waals surface area contributed by atoms with Gasteiger partial charge in [0.1, 0.15) is 5.82 Å². The third kappa shape index (κ3) is 2.34. The van der Waals surface area contributed by atoms with Crippen LogP contribution in [0.5, 0.6) is 0 Å². The molecule has 1 aromatic rings. The van der Waals surface area contributed by atoms with Crippen molar-refractivity contribution in [2.24, 2.45) is 0 Å². The van der Waals surface area contributed by atoms with Gasteiger partial charge in [0, 0.05) is 0 Å². The van der Waals surface area contributed by atoms with Crippen LogP contribution in [-0.2, 0) is 0 Å². The first-order valence-corrected chi connectivity index (χ1v) is 4.54. The summed E-state index contributed by atoms with van der Waals surface area (Å²) in [5.41, 5.74) is 0.268. The molecule has 1 aromatic carbocycles. The summed E-state index contributed by atoms with van der Waals surface area (Å²) in [6.45, 7) is 1.32. The fourth-order valence-corrected chi connectivity index (χ4v) is 1.10. The van der Waals surface area contributed by atoms with Gasteiger partial charge in [0.05, 0.1) is 17.0 Å². The number of carbonyl (C=O) groups excluding carboxylic acids is 1. The van der Waals surface area contributed by atoms with E-state index >= 15 is 0 Å². The minimum Gasteiger partial charge on any atom is -0.294 e. The van der Waals surface area contributed by atoms with Gasteiger partial charge in [0.25, 0.3) is 0 Å². The second kappa shape index (κ2) is 4.78. The SMILES string of the molecule is CC(=O)c1cccc(C#CCCl)c1F. The highest BCUT2D eigenvalue weighted by Crippen LogP contribution is 2.12. The van der Waals surface area contributed by atoms with Crippen molar-refractivity contribution in [2.45, 2.75) is 6.92 Å². The zero-order valence-corrected chi connectivity index (χ0v) is 8.36. The van der Waals surface area contributed by atoms with Crippen molar-refractivity contribution in [3.8, 4) is 11.8 Å². The van der Waals surface area contributed by atoms with Crippen molar-refractivity contribution >= 4 is 17.4 Å². The van der Waals surface area contributed by atoms with Crippen LogP contribution in [0.15, 0.2) is 18.2 Å². The third-order valence-electron chi connectivity index (χ3n) is 1.67.